The van der Waals surface area contributed by atoms with Crippen molar-refractivity contribution < 1.29 is 0 Å². The number of rotatable bonds is 6. The standard InChI is InChI=1S/C10H12ClNOS/c11-9-4-3-5-10(8-9)14-7-2-1-6-12-13/h3-5,8H,1-2,6-7H2. The number of benzene rings is 1. The minimum atomic E-state index is 0.427. The van der Waals surface area contributed by atoms with Crippen molar-refractivity contribution in [2.75, 3.05) is 12.3 Å². The Morgan fingerprint density at radius 3 is 2.93 bits per heavy atom. The van der Waals surface area contributed by atoms with Crippen LogP contribution in [0.1, 0.15) is 12.8 Å². The molecule has 0 aliphatic carbocycles. The Labute approximate surface area is 93.0 Å². The fourth-order valence-electron chi connectivity index (χ4n) is 1.03. The molecule has 0 saturated heterocycles. The lowest BCUT2D eigenvalue weighted by atomic mass is 10.3. The molecule has 0 spiro atoms. The fraction of sp³-hybridized carbons (Fsp3) is 0.400. The first kappa shape index (κ1) is 11.5. The summed E-state index contributed by atoms with van der Waals surface area (Å²) in [6.45, 7) is 0.427. The van der Waals surface area contributed by atoms with Crippen LogP contribution in [0.15, 0.2) is 34.3 Å². The number of halogens is 1. The van der Waals surface area contributed by atoms with Crippen LogP contribution in [0.4, 0.5) is 0 Å². The van der Waals surface area contributed by atoms with Gasteiger partial charge in [0.15, 0.2) is 0 Å². The van der Waals surface area contributed by atoms with E-state index in [9.17, 15) is 4.91 Å². The van der Waals surface area contributed by atoms with Crippen molar-refractivity contribution in [3.05, 3.63) is 34.2 Å². The molecular weight excluding hydrogens is 218 g/mol. The van der Waals surface area contributed by atoms with Gasteiger partial charge in [0, 0.05) is 9.92 Å². The Kier molecular flexibility index (Phi) is 5.64. The number of unbranched alkanes of at least 4 members (excludes halogenated alkanes) is 1. The van der Waals surface area contributed by atoms with Gasteiger partial charge in [-0.3, -0.25) is 0 Å². The van der Waals surface area contributed by atoms with Crippen molar-refractivity contribution in [1.29, 1.82) is 0 Å². The van der Waals surface area contributed by atoms with E-state index in [1.807, 2.05) is 24.3 Å². The highest BCUT2D eigenvalue weighted by atomic mass is 35.5. The van der Waals surface area contributed by atoms with Gasteiger partial charge in [-0.2, -0.15) is 4.91 Å². The third kappa shape index (κ3) is 4.63. The second kappa shape index (κ2) is 6.85. The zero-order valence-electron chi connectivity index (χ0n) is 7.78. The van der Waals surface area contributed by atoms with Gasteiger partial charge in [0.25, 0.3) is 0 Å². The average molecular weight is 230 g/mol. The van der Waals surface area contributed by atoms with Crippen molar-refractivity contribution in [3.8, 4) is 0 Å². The van der Waals surface area contributed by atoms with E-state index in [0.29, 0.717) is 6.54 Å². The normalized spacial score (nSPS) is 10.1. The molecule has 0 aliphatic heterocycles. The van der Waals surface area contributed by atoms with E-state index >= 15 is 0 Å². The average Bonchev–Trinajstić information content (AvgIpc) is 2.18. The summed E-state index contributed by atoms with van der Waals surface area (Å²) >= 11 is 7.59. The van der Waals surface area contributed by atoms with E-state index in [-0.39, 0.29) is 0 Å². The van der Waals surface area contributed by atoms with Gasteiger partial charge < -0.3 is 0 Å². The van der Waals surface area contributed by atoms with Gasteiger partial charge in [-0.25, -0.2) is 0 Å². The lowest BCUT2D eigenvalue weighted by Gasteiger charge is -2.00. The van der Waals surface area contributed by atoms with Crippen LogP contribution in [-0.4, -0.2) is 12.3 Å². The smallest absolute Gasteiger partial charge is 0.0811 e. The molecule has 1 aromatic carbocycles. The summed E-state index contributed by atoms with van der Waals surface area (Å²) in [6, 6.07) is 7.79. The van der Waals surface area contributed by atoms with Gasteiger partial charge in [-0.1, -0.05) is 22.8 Å². The third-order valence-electron chi connectivity index (χ3n) is 1.71. The second-order valence-electron chi connectivity index (χ2n) is 2.87. The van der Waals surface area contributed by atoms with Gasteiger partial charge in [-0.05, 0) is 36.8 Å². The highest BCUT2D eigenvalue weighted by Gasteiger charge is 1.95. The lowest BCUT2D eigenvalue weighted by Crippen LogP contribution is -1.83. The molecule has 1 aromatic rings. The van der Waals surface area contributed by atoms with E-state index in [0.717, 1.165) is 23.6 Å². The van der Waals surface area contributed by atoms with Crippen LogP contribution in [0, 0.1) is 4.91 Å². The van der Waals surface area contributed by atoms with Crippen molar-refractivity contribution in [1.82, 2.24) is 0 Å². The van der Waals surface area contributed by atoms with Crippen molar-refractivity contribution in [3.63, 3.8) is 0 Å². The van der Waals surface area contributed by atoms with Crippen LogP contribution in [0.5, 0.6) is 0 Å². The maximum absolute atomic E-state index is 9.81. The van der Waals surface area contributed by atoms with E-state index in [2.05, 4.69) is 5.18 Å². The van der Waals surface area contributed by atoms with Crippen molar-refractivity contribution in [2.24, 2.45) is 5.18 Å². The van der Waals surface area contributed by atoms with Crippen molar-refractivity contribution >= 4 is 23.4 Å². The minimum absolute atomic E-state index is 0.427. The van der Waals surface area contributed by atoms with E-state index < -0.39 is 0 Å². The maximum Gasteiger partial charge on any atom is 0.0811 e. The molecule has 0 bridgehead atoms. The van der Waals surface area contributed by atoms with Gasteiger partial charge in [0.2, 0.25) is 0 Å². The SMILES string of the molecule is O=NCCCCSc1cccc(Cl)c1. The fourth-order valence-corrected chi connectivity index (χ4v) is 2.25. The van der Waals surface area contributed by atoms with Crippen LogP contribution >= 0.6 is 23.4 Å². The monoisotopic (exact) mass is 229 g/mol. The van der Waals surface area contributed by atoms with Crippen LogP contribution in [0.3, 0.4) is 0 Å². The summed E-state index contributed by atoms with van der Waals surface area (Å²) in [5, 5.41) is 3.58. The molecular formula is C10H12ClNOS. The molecule has 0 fully saturated rings. The third-order valence-corrected chi connectivity index (χ3v) is 3.02. The summed E-state index contributed by atoms with van der Waals surface area (Å²) in [4.78, 5) is 11.0. The summed E-state index contributed by atoms with van der Waals surface area (Å²) < 4.78 is 0. The van der Waals surface area contributed by atoms with Crippen LogP contribution in [0.2, 0.25) is 5.02 Å². The highest BCUT2D eigenvalue weighted by molar-refractivity contribution is 7.99. The molecule has 0 aromatic heterocycles. The molecule has 0 aliphatic rings. The maximum atomic E-state index is 9.81. The zero-order chi connectivity index (χ0) is 10.2. The van der Waals surface area contributed by atoms with Gasteiger partial charge in [0.1, 0.15) is 0 Å². The first-order valence-corrected chi connectivity index (χ1v) is 5.87. The topological polar surface area (TPSA) is 29.4 Å². The number of nitrogens with zero attached hydrogens (tertiary/aromatic N) is 1. The van der Waals surface area contributed by atoms with Gasteiger partial charge in [-0.15, -0.1) is 11.8 Å². The first-order valence-electron chi connectivity index (χ1n) is 4.50. The molecule has 14 heavy (non-hydrogen) atoms. The zero-order valence-corrected chi connectivity index (χ0v) is 9.35. The first-order chi connectivity index (χ1) is 6.83. The number of thioether (sulfide) groups is 1. The molecule has 0 N–H and O–H groups in total. The summed E-state index contributed by atoms with van der Waals surface area (Å²) in [7, 11) is 0. The van der Waals surface area contributed by atoms with Crippen LogP contribution in [-0.2, 0) is 0 Å². The number of nitroso groups, excluding NO2 is 1. The van der Waals surface area contributed by atoms with Crippen molar-refractivity contribution in [2.45, 2.75) is 17.7 Å². The Hall–Kier alpha value is -0.540. The highest BCUT2D eigenvalue weighted by Crippen LogP contribution is 2.22. The molecule has 0 radical (unpaired) electrons. The number of hydrogen-bond acceptors (Lipinski definition) is 3. The quantitative estimate of drug-likeness (QED) is 0.420. The van der Waals surface area contributed by atoms with Crippen LogP contribution in [0.25, 0.3) is 0 Å². The molecule has 0 heterocycles. The lowest BCUT2D eigenvalue weighted by molar-refractivity contribution is 0.811. The summed E-state index contributed by atoms with van der Waals surface area (Å²) in [6.07, 6.45) is 1.89. The Morgan fingerprint density at radius 2 is 2.21 bits per heavy atom. The summed E-state index contributed by atoms with van der Waals surface area (Å²) in [5.74, 6) is 1.01. The molecule has 0 unspecified atom stereocenters. The predicted octanol–water partition coefficient (Wildman–Crippen LogP) is 3.98. The number of hydrogen-bond donors (Lipinski definition) is 0. The molecule has 0 amide bonds. The Balaban J connectivity index is 2.21. The molecule has 2 nitrogen and oxygen atoms in total. The summed E-state index contributed by atoms with van der Waals surface area (Å²) in [5.41, 5.74) is 0. The van der Waals surface area contributed by atoms with Gasteiger partial charge >= 0.3 is 0 Å². The Bertz CT molecular complexity index is 293. The second-order valence-corrected chi connectivity index (χ2v) is 4.47. The molecule has 76 valence electrons. The molecule has 0 atom stereocenters. The molecule has 1 rings (SSSR count). The minimum Gasteiger partial charge on any atom is -0.151 e. The van der Waals surface area contributed by atoms with Gasteiger partial charge in [0.05, 0.1) is 6.54 Å². The largest absolute Gasteiger partial charge is 0.151 e. The molecule has 4 heteroatoms. The Morgan fingerprint density at radius 1 is 1.36 bits per heavy atom. The van der Waals surface area contributed by atoms with E-state index in [4.69, 9.17) is 11.6 Å². The van der Waals surface area contributed by atoms with Crippen LogP contribution < -0.4 is 0 Å². The van der Waals surface area contributed by atoms with E-state index in [1.165, 1.54) is 4.90 Å². The van der Waals surface area contributed by atoms with E-state index in [1.54, 1.807) is 11.8 Å². The predicted molar refractivity (Wildman–Crippen MR) is 62.1 cm³/mol. The molecule has 0 saturated carbocycles.